The molecule has 0 aliphatic rings. The highest BCUT2D eigenvalue weighted by atomic mass is 79.9. The fourth-order valence-corrected chi connectivity index (χ4v) is 1.81. The van der Waals surface area contributed by atoms with Gasteiger partial charge in [0.25, 0.3) is 5.91 Å². The molecule has 0 fully saturated rings. The van der Waals surface area contributed by atoms with Gasteiger partial charge in [-0.2, -0.15) is 0 Å². The van der Waals surface area contributed by atoms with E-state index in [4.69, 9.17) is 11.6 Å². The van der Waals surface area contributed by atoms with Gasteiger partial charge in [0.1, 0.15) is 5.69 Å². The van der Waals surface area contributed by atoms with Crippen molar-refractivity contribution in [3.63, 3.8) is 0 Å². The van der Waals surface area contributed by atoms with E-state index in [0.717, 1.165) is 4.47 Å². The van der Waals surface area contributed by atoms with Crippen molar-refractivity contribution < 1.29 is 9.18 Å². The lowest BCUT2D eigenvalue weighted by Crippen LogP contribution is -2.13. The maximum Gasteiger partial charge on any atom is 0.272 e. The molecule has 17 heavy (non-hydrogen) atoms. The van der Waals surface area contributed by atoms with Gasteiger partial charge in [-0.15, -0.1) is 0 Å². The first kappa shape index (κ1) is 12.1. The summed E-state index contributed by atoms with van der Waals surface area (Å²) in [4.78, 5) is 14.5. The van der Waals surface area contributed by atoms with Gasteiger partial charge in [-0.05, 0) is 34.1 Å². The molecule has 0 spiro atoms. The summed E-state index contributed by atoms with van der Waals surface area (Å²) < 4.78 is 14.3. The Hall–Kier alpha value is -1.33. The second-order valence-corrected chi connectivity index (χ2v) is 4.61. The standard InChI is InChI=1S/C11H7BrClFN2O/c12-6-4-9(15-5-6)11(17)16-8-3-1-2-7(13)10(8)14/h1-5,15H,(H,16,17). The Morgan fingerprint density at radius 3 is 2.88 bits per heavy atom. The number of hydrogen-bond acceptors (Lipinski definition) is 1. The monoisotopic (exact) mass is 316 g/mol. The molecule has 2 aromatic rings. The lowest BCUT2D eigenvalue weighted by Gasteiger charge is -2.05. The summed E-state index contributed by atoms with van der Waals surface area (Å²) in [6, 6.07) is 6.01. The molecule has 2 N–H and O–H groups in total. The summed E-state index contributed by atoms with van der Waals surface area (Å²) in [5.41, 5.74) is 0.379. The van der Waals surface area contributed by atoms with Crippen LogP contribution in [0.2, 0.25) is 5.02 Å². The van der Waals surface area contributed by atoms with Crippen LogP contribution in [0.4, 0.5) is 10.1 Å². The van der Waals surface area contributed by atoms with Gasteiger partial charge in [0.15, 0.2) is 5.82 Å². The van der Waals surface area contributed by atoms with Crippen LogP contribution < -0.4 is 5.32 Å². The molecule has 1 amide bonds. The number of benzene rings is 1. The second kappa shape index (κ2) is 4.89. The number of rotatable bonds is 2. The lowest BCUT2D eigenvalue weighted by atomic mass is 10.3. The van der Waals surface area contributed by atoms with Gasteiger partial charge >= 0.3 is 0 Å². The van der Waals surface area contributed by atoms with Crippen LogP contribution in [0, 0.1) is 5.82 Å². The van der Waals surface area contributed by atoms with E-state index in [9.17, 15) is 9.18 Å². The summed E-state index contributed by atoms with van der Waals surface area (Å²) in [7, 11) is 0. The van der Waals surface area contributed by atoms with Crippen LogP contribution in [-0.2, 0) is 0 Å². The molecule has 6 heteroatoms. The van der Waals surface area contributed by atoms with Crippen molar-refractivity contribution >= 4 is 39.1 Å². The molecule has 2 rings (SSSR count). The van der Waals surface area contributed by atoms with E-state index < -0.39 is 11.7 Å². The van der Waals surface area contributed by atoms with Gasteiger partial charge in [0.05, 0.1) is 10.7 Å². The first-order chi connectivity index (χ1) is 8.08. The summed E-state index contributed by atoms with van der Waals surface area (Å²) in [5, 5.41) is 2.40. The summed E-state index contributed by atoms with van der Waals surface area (Å²) in [6.07, 6.45) is 1.61. The SMILES string of the molecule is O=C(Nc1cccc(Cl)c1F)c1cc(Br)c[nH]1. The van der Waals surface area contributed by atoms with Crippen molar-refractivity contribution in [3.8, 4) is 0 Å². The number of aromatic nitrogens is 1. The first-order valence-corrected chi connectivity index (χ1v) is 5.84. The number of anilines is 1. The average Bonchev–Trinajstić information content (AvgIpc) is 2.72. The Bertz CT molecular complexity index is 570. The molecule has 88 valence electrons. The van der Waals surface area contributed by atoms with Crippen molar-refractivity contribution in [2.75, 3.05) is 5.32 Å². The smallest absolute Gasteiger partial charge is 0.272 e. The minimum absolute atomic E-state index is 0.0320. The summed E-state index contributed by atoms with van der Waals surface area (Å²) in [6.45, 7) is 0. The molecule has 0 bridgehead atoms. The molecular weight excluding hydrogens is 310 g/mol. The number of aromatic amines is 1. The number of carbonyl (C=O) groups is 1. The average molecular weight is 318 g/mol. The molecule has 0 aliphatic carbocycles. The number of amides is 1. The highest BCUT2D eigenvalue weighted by Gasteiger charge is 2.12. The predicted octanol–water partition coefficient (Wildman–Crippen LogP) is 3.82. The third-order valence-corrected chi connectivity index (χ3v) is 2.84. The number of halogens is 3. The van der Waals surface area contributed by atoms with Crippen LogP contribution in [0.3, 0.4) is 0 Å². The Balaban J connectivity index is 2.21. The van der Waals surface area contributed by atoms with E-state index in [2.05, 4.69) is 26.2 Å². The zero-order chi connectivity index (χ0) is 12.4. The Kier molecular flexibility index (Phi) is 3.49. The molecule has 0 aliphatic heterocycles. The van der Waals surface area contributed by atoms with Crippen molar-refractivity contribution in [1.82, 2.24) is 4.98 Å². The summed E-state index contributed by atoms with van der Waals surface area (Å²) >= 11 is 8.81. The molecule has 1 heterocycles. The molecule has 0 atom stereocenters. The molecule has 0 radical (unpaired) electrons. The first-order valence-electron chi connectivity index (χ1n) is 4.67. The maximum absolute atomic E-state index is 13.5. The minimum atomic E-state index is -0.645. The van der Waals surface area contributed by atoms with E-state index in [1.807, 2.05) is 0 Å². The van der Waals surface area contributed by atoms with Gasteiger partial charge < -0.3 is 10.3 Å². The fourth-order valence-electron chi connectivity index (χ4n) is 1.29. The zero-order valence-electron chi connectivity index (χ0n) is 8.43. The fraction of sp³-hybridized carbons (Fsp3) is 0. The number of H-pyrrole nitrogens is 1. The Labute approximate surface area is 110 Å². The largest absolute Gasteiger partial charge is 0.356 e. The van der Waals surface area contributed by atoms with E-state index >= 15 is 0 Å². The van der Waals surface area contributed by atoms with E-state index in [-0.39, 0.29) is 10.7 Å². The minimum Gasteiger partial charge on any atom is -0.356 e. The van der Waals surface area contributed by atoms with Crippen LogP contribution in [0.5, 0.6) is 0 Å². The van der Waals surface area contributed by atoms with Gasteiger partial charge in [-0.3, -0.25) is 4.79 Å². The third kappa shape index (κ3) is 2.68. The topological polar surface area (TPSA) is 44.9 Å². The molecule has 0 unspecified atom stereocenters. The molecule has 0 saturated carbocycles. The molecule has 0 saturated heterocycles. The van der Waals surface area contributed by atoms with Crippen molar-refractivity contribution in [3.05, 3.63) is 51.5 Å². The van der Waals surface area contributed by atoms with Crippen molar-refractivity contribution in [2.45, 2.75) is 0 Å². The molecular formula is C11H7BrClFN2O. The lowest BCUT2D eigenvalue weighted by molar-refractivity contribution is 0.102. The maximum atomic E-state index is 13.5. The van der Waals surface area contributed by atoms with Crippen LogP contribution in [0.15, 0.2) is 34.9 Å². The van der Waals surface area contributed by atoms with Crippen molar-refractivity contribution in [2.24, 2.45) is 0 Å². The van der Waals surface area contributed by atoms with E-state index in [0.29, 0.717) is 5.69 Å². The third-order valence-electron chi connectivity index (χ3n) is 2.09. The normalized spacial score (nSPS) is 10.3. The van der Waals surface area contributed by atoms with E-state index in [1.165, 1.54) is 12.1 Å². The van der Waals surface area contributed by atoms with Gasteiger partial charge in [-0.25, -0.2) is 4.39 Å². The number of nitrogens with one attached hydrogen (secondary N) is 2. The van der Waals surface area contributed by atoms with Gasteiger partial charge in [0, 0.05) is 10.7 Å². The van der Waals surface area contributed by atoms with Gasteiger partial charge in [0.2, 0.25) is 0 Å². The van der Waals surface area contributed by atoms with Gasteiger partial charge in [-0.1, -0.05) is 17.7 Å². The Morgan fingerprint density at radius 1 is 1.47 bits per heavy atom. The second-order valence-electron chi connectivity index (χ2n) is 3.29. The van der Waals surface area contributed by atoms with Crippen LogP contribution in [-0.4, -0.2) is 10.9 Å². The quantitative estimate of drug-likeness (QED) is 0.869. The number of hydrogen-bond donors (Lipinski definition) is 2. The molecule has 1 aromatic heterocycles. The van der Waals surface area contributed by atoms with Crippen LogP contribution in [0.25, 0.3) is 0 Å². The van der Waals surface area contributed by atoms with Crippen molar-refractivity contribution in [1.29, 1.82) is 0 Å². The predicted molar refractivity (Wildman–Crippen MR) is 67.9 cm³/mol. The van der Waals surface area contributed by atoms with E-state index in [1.54, 1.807) is 18.3 Å². The zero-order valence-corrected chi connectivity index (χ0v) is 10.8. The summed E-state index contributed by atoms with van der Waals surface area (Å²) in [5.74, 6) is -1.08. The molecule has 3 nitrogen and oxygen atoms in total. The highest BCUT2D eigenvalue weighted by molar-refractivity contribution is 9.10. The van der Waals surface area contributed by atoms with Crippen LogP contribution >= 0.6 is 27.5 Å². The highest BCUT2D eigenvalue weighted by Crippen LogP contribution is 2.22. The van der Waals surface area contributed by atoms with Crippen LogP contribution in [0.1, 0.15) is 10.5 Å². The molecule has 1 aromatic carbocycles. The number of carbonyl (C=O) groups excluding carboxylic acids is 1. The Morgan fingerprint density at radius 2 is 2.24 bits per heavy atom.